The third-order valence-electron chi connectivity index (χ3n) is 2.64. The lowest BCUT2D eigenvalue weighted by Crippen LogP contribution is -2.32. The minimum Gasteiger partial charge on any atom is -0.325 e. The zero-order valence-corrected chi connectivity index (χ0v) is 13.6. The zero-order chi connectivity index (χ0) is 15.4. The maximum Gasteiger partial charge on any atom is 0.240 e. The zero-order valence-electron chi connectivity index (χ0n) is 11.3. The second-order valence-corrected chi connectivity index (χ2v) is 6.45. The Balaban J connectivity index is 2.13. The van der Waals surface area contributed by atoms with Crippen LogP contribution in [0.25, 0.3) is 0 Å². The SMILES string of the molecule is CC(N)C(=O)Nc1cccc(Sc2ccc(Cl)c(Cl)c2)c1. The fraction of sp³-hybridized carbons (Fsp3) is 0.133. The fourth-order valence-electron chi connectivity index (χ4n) is 1.57. The highest BCUT2D eigenvalue weighted by molar-refractivity contribution is 7.99. The third kappa shape index (κ3) is 4.64. The monoisotopic (exact) mass is 340 g/mol. The maximum atomic E-state index is 11.6. The van der Waals surface area contributed by atoms with Crippen molar-refractivity contribution in [2.24, 2.45) is 5.73 Å². The molecule has 0 heterocycles. The first-order valence-corrected chi connectivity index (χ1v) is 7.82. The molecule has 0 aromatic heterocycles. The minimum atomic E-state index is -0.545. The van der Waals surface area contributed by atoms with Gasteiger partial charge in [0.1, 0.15) is 0 Å². The van der Waals surface area contributed by atoms with Crippen LogP contribution in [-0.4, -0.2) is 11.9 Å². The molecule has 0 aliphatic heterocycles. The van der Waals surface area contributed by atoms with E-state index in [2.05, 4.69) is 5.32 Å². The number of benzene rings is 2. The maximum absolute atomic E-state index is 11.6. The first-order valence-electron chi connectivity index (χ1n) is 6.25. The van der Waals surface area contributed by atoms with Crippen molar-refractivity contribution < 1.29 is 4.79 Å². The molecule has 21 heavy (non-hydrogen) atoms. The van der Waals surface area contributed by atoms with Gasteiger partial charge in [-0.05, 0) is 43.3 Å². The molecule has 0 spiro atoms. The number of amides is 1. The Bertz CT molecular complexity index is 662. The predicted octanol–water partition coefficient (Wildman–Crippen LogP) is 4.43. The van der Waals surface area contributed by atoms with Gasteiger partial charge in [-0.2, -0.15) is 0 Å². The Morgan fingerprint density at radius 1 is 1.14 bits per heavy atom. The van der Waals surface area contributed by atoms with E-state index in [9.17, 15) is 4.79 Å². The van der Waals surface area contributed by atoms with Crippen molar-refractivity contribution in [3.8, 4) is 0 Å². The minimum absolute atomic E-state index is 0.216. The molecule has 0 aliphatic rings. The molecule has 2 rings (SSSR count). The molecule has 0 saturated heterocycles. The van der Waals surface area contributed by atoms with Gasteiger partial charge >= 0.3 is 0 Å². The molecular weight excluding hydrogens is 327 g/mol. The lowest BCUT2D eigenvalue weighted by Gasteiger charge is -2.09. The van der Waals surface area contributed by atoms with Crippen molar-refractivity contribution >= 4 is 46.6 Å². The molecule has 1 unspecified atom stereocenters. The standard InChI is InChI=1S/C15H14Cl2N2OS/c1-9(18)15(20)19-10-3-2-4-11(7-10)21-12-5-6-13(16)14(17)8-12/h2-9H,18H2,1H3,(H,19,20). The Morgan fingerprint density at radius 2 is 1.86 bits per heavy atom. The number of hydrogen-bond acceptors (Lipinski definition) is 3. The number of carbonyl (C=O) groups is 1. The molecule has 6 heteroatoms. The van der Waals surface area contributed by atoms with Crippen molar-refractivity contribution in [3.05, 3.63) is 52.5 Å². The molecule has 1 atom stereocenters. The second-order valence-electron chi connectivity index (χ2n) is 4.48. The highest BCUT2D eigenvalue weighted by Crippen LogP contribution is 2.33. The van der Waals surface area contributed by atoms with Gasteiger partial charge in [-0.25, -0.2) is 0 Å². The van der Waals surface area contributed by atoms with E-state index in [0.29, 0.717) is 15.7 Å². The van der Waals surface area contributed by atoms with Gasteiger partial charge in [-0.1, -0.05) is 41.0 Å². The summed E-state index contributed by atoms with van der Waals surface area (Å²) >= 11 is 13.4. The summed E-state index contributed by atoms with van der Waals surface area (Å²) in [5, 5.41) is 3.81. The third-order valence-corrected chi connectivity index (χ3v) is 4.36. The van der Waals surface area contributed by atoms with E-state index in [4.69, 9.17) is 28.9 Å². The lowest BCUT2D eigenvalue weighted by atomic mass is 10.3. The van der Waals surface area contributed by atoms with Crippen molar-refractivity contribution in [3.63, 3.8) is 0 Å². The molecule has 110 valence electrons. The van der Waals surface area contributed by atoms with E-state index >= 15 is 0 Å². The van der Waals surface area contributed by atoms with Gasteiger partial charge in [-0.3, -0.25) is 4.79 Å². The quantitative estimate of drug-likeness (QED) is 0.865. The molecule has 0 saturated carbocycles. The van der Waals surface area contributed by atoms with Gasteiger partial charge in [0, 0.05) is 15.5 Å². The van der Waals surface area contributed by atoms with Crippen molar-refractivity contribution in [1.29, 1.82) is 0 Å². The summed E-state index contributed by atoms with van der Waals surface area (Å²) in [5.41, 5.74) is 6.24. The van der Waals surface area contributed by atoms with Crippen molar-refractivity contribution in [2.45, 2.75) is 22.8 Å². The van der Waals surface area contributed by atoms with E-state index in [1.165, 1.54) is 11.8 Å². The van der Waals surface area contributed by atoms with Crippen LogP contribution in [0.1, 0.15) is 6.92 Å². The van der Waals surface area contributed by atoms with E-state index in [1.807, 2.05) is 36.4 Å². The van der Waals surface area contributed by atoms with Crippen LogP contribution in [0.3, 0.4) is 0 Å². The molecule has 1 amide bonds. The highest BCUT2D eigenvalue weighted by atomic mass is 35.5. The number of anilines is 1. The van der Waals surface area contributed by atoms with Crippen molar-refractivity contribution in [2.75, 3.05) is 5.32 Å². The Morgan fingerprint density at radius 3 is 2.52 bits per heavy atom. The van der Waals surface area contributed by atoms with Gasteiger partial charge in [0.25, 0.3) is 0 Å². The van der Waals surface area contributed by atoms with Gasteiger partial charge < -0.3 is 11.1 Å². The molecule has 0 aliphatic carbocycles. The van der Waals surface area contributed by atoms with Crippen LogP contribution < -0.4 is 11.1 Å². The van der Waals surface area contributed by atoms with Gasteiger partial charge in [0.15, 0.2) is 0 Å². The number of nitrogens with two attached hydrogens (primary N) is 1. The summed E-state index contributed by atoms with van der Waals surface area (Å²) in [7, 11) is 0. The Labute approximate surface area is 137 Å². The van der Waals surface area contributed by atoms with E-state index in [0.717, 1.165) is 9.79 Å². The smallest absolute Gasteiger partial charge is 0.240 e. The summed E-state index contributed by atoms with van der Waals surface area (Å²) in [5.74, 6) is -0.216. The molecule has 0 radical (unpaired) electrons. The number of hydrogen-bond donors (Lipinski definition) is 2. The predicted molar refractivity (Wildman–Crippen MR) is 89.3 cm³/mol. The normalized spacial score (nSPS) is 12.0. The van der Waals surface area contributed by atoms with Crippen LogP contribution >= 0.6 is 35.0 Å². The number of nitrogens with one attached hydrogen (secondary N) is 1. The summed E-state index contributed by atoms with van der Waals surface area (Å²) in [4.78, 5) is 13.5. The van der Waals surface area contributed by atoms with Gasteiger partial charge in [0.05, 0.1) is 16.1 Å². The van der Waals surface area contributed by atoms with Crippen LogP contribution in [0.4, 0.5) is 5.69 Å². The first-order chi connectivity index (χ1) is 9.95. The van der Waals surface area contributed by atoms with Crippen molar-refractivity contribution in [1.82, 2.24) is 0 Å². The molecule has 2 aromatic carbocycles. The summed E-state index contributed by atoms with van der Waals surface area (Å²) < 4.78 is 0. The molecule has 3 nitrogen and oxygen atoms in total. The van der Waals surface area contributed by atoms with Crippen LogP contribution in [0, 0.1) is 0 Å². The molecule has 2 aromatic rings. The highest BCUT2D eigenvalue weighted by Gasteiger charge is 2.08. The number of halogens is 2. The van der Waals surface area contributed by atoms with Crippen LogP contribution in [0.2, 0.25) is 10.0 Å². The Hall–Kier alpha value is -1.20. The van der Waals surface area contributed by atoms with Crippen LogP contribution in [0.5, 0.6) is 0 Å². The first kappa shape index (κ1) is 16.2. The molecule has 3 N–H and O–H groups in total. The number of carbonyl (C=O) groups excluding carboxylic acids is 1. The molecular formula is C15H14Cl2N2OS. The van der Waals surface area contributed by atoms with E-state index in [-0.39, 0.29) is 5.91 Å². The summed E-state index contributed by atoms with van der Waals surface area (Å²) in [6.07, 6.45) is 0. The van der Waals surface area contributed by atoms with Gasteiger partial charge in [-0.15, -0.1) is 0 Å². The van der Waals surface area contributed by atoms with Crippen LogP contribution in [-0.2, 0) is 4.79 Å². The second kappa shape index (κ2) is 7.18. The number of rotatable bonds is 4. The molecule has 0 fully saturated rings. The summed E-state index contributed by atoms with van der Waals surface area (Å²) in [6.45, 7) is 1.64. The van der Waals surface area contributed by atoms with Crippen LogP contribution in [0.15, 0.2) is 52.3 Å². The van der Waals surface area contributed by atoms with E-state index in [1.54, 1.807) is 13.0 Å². The summed E-state index contributed by atoms with van der Waals surface area (Å²) in [6, 6.07) is 12.4. The van der Waals surface area contributed by atoms with Gasteiger partial charge in [0.2, 0.25) is 5.91 Å². The lowest BCUT2D eigenvalue weighted by molar-refractivity contribution is -0.117. The van der Waals surface area contributed by atoms with E-state index < -0.39 is 6.04 Å². The topological polar surface area (TPSA) is 55.1 Å². The average molecular weight is 341 g/mol. The fourth-order valence-corrected chi connectivity index (χ4v) is 2.85. The molecule has 0 bridgehead atoms. The average Bonchev–Trinajstić information content (AvgIpc) is 2.43. The Kier molecular flexibility index (Phi) is 5.53. The largest absolute Gasteiger partial charge is 0.325 e.